The number of aromatic nitrogens is 3. The van der Waals surface area contributed by atoms with Crippen molar-refractivity contribution < 1.29 is 9.53 Å². The molecule has 32 heavy (non-hydrogen) atoms. The lowest BCUT2D eigenvalue weighted by Gasteiger charge is -2.44. The van der Waals surface area contributed by atoms with E-state index in [0.717, 1.165) is 56.7 Å². The Hall–Kier alpha value is -2.64. The van der Waals surface area contributed by atoms with Crippen LogP contribution in [0.3, 0.4) is 0 Å². The minimum atomic E-state index is -0.146. The van der Waals surface area contributed by atoms with Crippen LogP contribution in [0.25, 0.3) is 10.9 Å². The number of nitrogens with zero attached hydrogens (tertiary/aromatic N) is 5. The number of benzene rings is 1. The molecule has 2 aliphatic heterocycles. The zero-order valence-electron chi connectivity index (χ0n) is 19.6. The largest absolute Gasteiger partial charge is 0.370 e. The highest BCUT2D eigenvalue weighted by Crippen LogP contribution is 2.38. The number of amides is 1. The summed E-state index contributed by atoms with van der Waals surface area (Å²) < 4.78 is 10.7. The number of para-hydroxylation sites is 1. The Morgan fingerprint density at radius 2 is 1.97 bits per heavy atom. The molecule has 2 aromatic heterocycles. The van der Waals surface area contributed by atoms with E-state index in [1.165, 1.54) is 16.5 Å². The lowest BCUT2D eigenvalue weighted by atomic mass is 9.83. The van der Waals surface area contributed by atoms with Crippen molar-refractivity contribution in [1.82, 2.24) is 24.1 Å². The molecule has 3 aromatic rings. The summed E-state index contributed by atoms with van der Waals surface area (Å²) in [6, 6.07) is 8.70. The Labute approximate surface area is 189 Å². The van der Waals surface area contributed by atoms with Crippen molar-refractivity contribution in [3.8, 4) is 0 Å². The maximum absolute atomic E-state index is 12.5. The van der Waals surface area contributed by atoms with Crippen LogP contribution in [-0.4, -0.2) is 62.8 Å². The van der Waals surface area contributed by atoms with Gasteiger partial charge in [0, 0.05) is 82.1 Å². The molecule has 0 aliphatic carbocycles. The fourth-order valence-corrected chi connectivity index (χ4v) is 5.33. The van der Waals surface area contributed by atoms with E-state index >= 15 is 0 Å². The van der Waals surface area contributed by atoms with Gasteiger partial charge in [-0.1, -0.05) is 18.2 Å². The summed E-state index contributed by atoms with van der Waals surface area (Å²) in [6.45, 7) is 6.67. The van der Waals surface area contributed by atoms with Gasteiger partial charge in [0.15, 0.2) is 5.69 Å². The molecular formula is C25H33N5O2. The summed E-state index contributed by atoms with van der Waals surface area (Å²) >= 11 is 0. The zero-order chi connectivity index (χ0) is 22.5. The van der Waals surface area contributed by atoms with E-state index in [0.29, 0.717) is 12.3 Å². The van der Waals surface area contributed by atoms with Crippen LogP contribution in [0.1, 0.15) is 47.1 Å². The number of likely N-dealkylation sites (tertiary alicyclic amines) is 1. The predicted octanol–water partition coefficient (Wildman–Crippen LogP) is 3.20. The van der Waals surface area contributed by atoms with Crippen LogP contribution in [0.15, 0.2) is 30.5 Å². The molecule has 7 heteroatoms. The monoisotopic (exact) mass is 435 g/mol. The molecule has 0 radical (unpaired) electrons. The number of carbonyl (C=O) groups excluding carboxylic acids is 1. The van der Waals surface area contributed by atoms with Crippen LogP contribution >= 0.6 is 0 Å². The summed E-state index contributed by atoms with van der Waals surface area (Å²) in [7, 11) is 5.48. The van der Waals surface area contributed by atoms with Gasteiger partial charge in [0.1, 0.15) is 0 Å². The molecule has 170 valence electrons. The lowest BCUT2D eigenvalue weighted by molar-refractivity contribution is -0.104. The van der Waals surface area contributed by atoms with Crippen LogP contribution in [0.4, 0.5) is 0 Å². The molecule has 2 aliphatic rings. The van der Waals surface area contributed by atoms with Crippen LogP contribution in [-0.2, 0) is 37.9 Å². The first kappa shape index (κ1) is 21.2. The highest BCUT2D eigenvalue weighted by atomic mass is 16.5. The van der Waals surface area contributed by atoms with Crippen molar-refractivity contribution in [3.05, 3.63) is 53.0 Å². The molecule has 1 saturated heterocycles. The summed E-state index contributed by atoms with van der Waals surface area (Å²) in [5.41, 5.74) is 5.23. The first-order chi connectivity index (χ1) is 15.4. The number of rotatable bonds is 4. The van der Waals surface area contributed by atoms with Gasteiger partial charge in [-0.05, 0) is 31.4 Å². The van der Waals surface area contributed by atoms with Gasteiger partial charge >= 0.3 is 0 Å². The van der Waals surface area contributed by atoms with E-state index in [4.69, 9.17) is 4.74 Å². The number of carbonyl (C=O) groups is 1. The second-order valence-electron chi connectivity index (χ2n) is 9.48. The average Bonchev–Trinajstić information content (AvgIpc) is 3.32. The first-order valence-corrected chi connectivity index (χ1v) is 11.6. The van der Waals surface area contributed by atoms with Crippen molar-refractivity contribution in [1.29, 1.82) is 0 Å². The summed E-state index contributed by atoms with van der Waals surface area (Å²) in [4.78, 5) is 16.7. The molecule has 0 N–H and O–H groups in total. The second kappa shape index (κ2) is 8.05. The van der Waals surface area contributed by atoms with Crippen LogP contribution in [0.2, 0.25) is 0 Å². The normalized spacial score (nSPS) is 18.2. The van der Waals surface area contributed by atoms with Gasteiger partial charge in [0.25, 0.3) is 5.91 Å². The van der Waals surface area contributed by atoms with Crippen LogP contribution < -0.4 is 0 Å². The lowest BCUT2D eigenvalue weighted by Crippen LogP contribution is -2.49. The Kier molecular flexibility index (Phi) is 5.34. The average molecular weight is 436 g/mol. The van der Waals surface area contributed by atoms with Crippen molar-refractivity contribution >= 4 is 16.8 Å². The number of ether oxygens (including phenoxy) is 1. The predicted molar refractivity (Wildman–Crippen MR) is 125 cm³/mol. The highest BCUT2D eigenvalue weighted by Gasteiger charge is 2.42. The maximum atomic E-state index is 12.5. The fraction of sp³-hybridized carbons (Fsp3) is 0.520. The molecule has 7 nitrogen and oxygen atoms in total. The molecule has 0 unspecified atom stereocenters. The van der Waals surface area contributed by atoms with Crippen LogP contribution in [0, 0.1) is 0 Å². The number of hydrogen-bond acceptors (Lipinski definition) is 4. The zero-order valence-corrected chi connectivity index (χ0v) is 19.6. The van der Waals surface area contributed by atoms with Gasteiger partial charge in [-0.25, -0.2) is 0 Å². The maximum Gasteiger partial charge on any atom is 0.274 e. The number of piperidine rings is 1. The number of fused-ring (bicyclic) bond motifs is 2. The third-order valence-corrected chi connectivity index (χ3v) is 7.27. The number of aryl methyl sites for hydroxylation is 2. The van der Waals surface area contributed by atoms with E-state index in [2.05, 4.69) is 52.0 Å². The standard InChI is InChI=1S/C25H33N5O2/c1-5-30-16-18(19-8-6-7-9-21(19)30)15-29-12-10-25(11-13-29)14-22-20(17-32-25)23(26-28(22)4)24(31)27(2)3/h6-9,16H,5,10-15,17H2,1-4H3. The summed E-state index contributed by atoms with van der Waals surface area (Å²) in [5, 5.41) is 5.90. The fourth-order valence-electron chi connectivity index (χ4n) is 5.33. The molecular weight excluding hydrogens is 402 g/mol. The molecule has 1 amide bonds. The number of hydrogen-bond donors (Lipinski definition) is 0. The molecule has 0 saturated carbocycles. The Morgan fingerprint density at radius 1 is 1.22 bits per heavy atom. The summed E-state index contributed by atoms with van der Waals surface area (Å²) in [5.74, 6) is -0.0533. The highest BCUT2D eigenvalue weighted by molar-refractivity contribution is 5.93. The van der Waals surface area contributed by atoms with E-state index in [9.17, 15) is 4.79 Å². The van der Waals surface area contributed by atoms with Gasteiger partial charge in [-0.15, -0.1) is 0 Å². The van der Waals surface area contributed by atoms with Gasteiger partial charge in [0.2, 0.25) is 0 Å². The third kappa shape index (κ3) is 3.53. The van der Waals surface area contributed by atoms with E-state index in [-0.39, 0.29) is 11.5 Å². The molecule has 1 aromatic carbocycles. The molecule has 1 spiro atoms. The van der Waals surface area contributed by atoms with Gasteiger partial charge in [0.05, 0.1) is 12.2 Å². The Morgan fingerprint density at radius 3 is 2.69 bits per heavy atom. The minimum Gasteiger partial charge on any atom is -0.370 e. The summed E-state index contributed by atoms with van der Waals surface area (Å²) in [6.07, 6.45) is 5.15. The Bertz CT molecular complexity index is 1150. The minimum absolute atomic E-state index is 0.0533. The van der Waals surface area contributed by atoms with Crippen molar-refractivity contribution in [3.63, 3.8) is 0 Å². The Balaban J connectivity index is 1.29. The first-order valence-electron chi connectivity index (χ1n) is 11.6. The van der Waals surface area contributed by atoms with Gasteiger partial charge in [-0.2, -0.15) is 5.10 Å². The molecule has 5 rings (SSSR count). The third-order valence-electron chi connectivity index (χ3n) is 7.27. The van der Waals surface area contributed by atoms with Crippen LogP contribution in [0.5, 0.6) is 0 Å². The van der Waals surface area contributed by atoms with Gasteiger partial charge in [-0.3, -0.25) is 14.4 Å². The van der Waals surface area contributed by atoms with E-state index < -0.39 is 0 Å². The van der Waals surface area contributed by atoms with E-state index in [1.54, 1.807) is 19.0 Å². The second-order valence-corrected chi connectivity index (χ2v) is 9.48. The smallest absolute Gasteiger partial charge is 0.274 e. The topological polar surface area (TPSA) is 55.5 Å². The molecule has 1 fully saturated rings. The molecule has 0 atom stereocenters. The molecule has 4 heterocycles. The SMILES string of the molecule is CCn1cc(CN2CCC3(CC2)Cc2c(c(C(=O)N(C)C)nn2C)CO3)c2ccccc21. The molecule has 0 bridgehead atoms. The van der Waals surface area contributed by atoms with Crippen molar-refractivity contribution in [2.45, 2.75) is 51.5 Å². The van der Waals surface area contributed by atoms with Gasteiger partial charge < -0.3 is 14.2 Å². The van der Waals surface area contributed by atoms with E-state index in [1.807, 2.05) is 11.7 Å². The van der Waals surface area contributed by atoms with Crippen molar-refractivity contribution in [2.24, 2.45) is 7.05 Å². The quantitative estimate of drug-likeness (QED) is 0.632. The van der Waals surface area contributed by atoms with Crippen molar-refractivity contribution in [2.75, 3.05) is 27.2 Å².